The van der Waals surface area contributed by atoms with Crippen LogP contribution in [0.1, 0.15) is 123 Å². The maximum atomic E-state index is 14.9. The highest BCUT2D eigenvalue weighted by Gasteiger charge is 2.41. The second-order valence-corrected chi connectivity index (χ2v) is 19.4. The van der Waals surface area contributed by atoms with Crippen LogP contribution in [-0.2, 0) is 23.9 Å². The molecule has 1 heterocycles. The molecule has 0 saturated carbocycles. The topological polar surface area (TPSA) is 231 Å². The molecule has 0 aromatic heterocycles. The molecule has 67 heavy (non-hydrogen) atoms. The summed E-state index contributed by atoms with van der Waals surface area (Å²) in [6, 6.07) is -2.46. The number of fused-ring (bicyclic) bond motifs is 4. The maximum Gasteiger partial charge on any atom is 0.247 e. The monoisotopic (exact) mass is 932 g/mol. The van der Waals surface area contributed by atoms with Gasteiger partial charge >= 0.3 is 0 Å². The van der Waals surface area contributed by atoms with Crippen molar-refractivity contribution in [1.82, 2.24) is 20.9 Å². The van der Waals surface area contributed by atoms with E-state index in [-0.39, 0.29) is 42.6 Å². The zero-order valence-electron chi connectivity index (χ0n) is 41.0. The Labute approximate surface area is 400 Å². The summed E-state index contributed by atoms with van der Waals surface area (Å²) in [5.74, 6) is 3.10. The highest BCUT2D eigenvalue weighted by Crippen LogP contribution is 2.41. The second-order valence-electron chi connectivity index (χ2n) is 19.4. The van der Waals surface area contributed by atoms with Gasteiger partial charge in [0.15, 0.2) is 0 Å². The highest BCUT2D eigenvalue weighted by molar-refractivity contribution is 5.97. The van der Waals surface area contributed by atoms with Crippen LogP contribution in [-0.4, -0.2) is 116 Å². The summed E-state index contributed by atoms with van der Waals surface area (Å²) in [6.07, 6.45) is 29.2. The Morgan fingerprint density at radius 2 is 1.88 bits per heavy atom. The molecule has 2 amide bonds. The number of ketones is 1. The molecule has 0 aromatic rings. The van der Waals surface area contributed by atoms with Crippen LogP contribution in [0.2, 0.25) is 0 Å². The number of ether oxygens (including phenoxy) is 2. The number of hydrogen-bond donors (Lipinski definition) is 8. The maximum absolute atomic E-state index is 14.9. The van der Waals surface area contributed by atoms with Crippen molar-refractivity contribution < 1.29 is 45.5 Å². The van der Waals surface area contributed by atoms with Crippen molar-refractivity contribution in [3.63, 3.8) is 0 Å². The number of carbonyl (C=O) groups is 3. The molecule has 13 N–H and O–H groups in total. The minimum absolute atomic E-state index is 0.0918. The Morgan fingerprint density at radius 1 is 1.06 bits per heavy atom. The van der Waals surface area contributed by atoms with Crippen LogP contribution in [0.5, 0.6) is 0 Å². The van der Waals surface area contributed by atoms with E-state index in [2.05, 4.69) is 64.6 Å². The molecule has 0 radical (unpaired) electrons. The second kappa shape index (κ2) is 27.9. The third-order valence-electron chi connectivity index (χ3n) is 14.6. The van der Waals surface area contributed by atoms with Crippen molar-refractivity contribution in [2.24, 2.45) is 29.4 Å². The van der Waals surface area contributed by atoms with Crippen molar-refractivity contribution >= 4 is 17.6 Å². The molecule has 10 atom stereocenters. The zero-order valence-corrected chi connectivity index (χ0v) is 41.0. The largest absolute Gasteiger partial charge is 0.487 e. The quantitative estimate of drug-likeness (QED) is 0.0505. The van der Waals surface area contributed by atoms with E-state index in [1.54, 1.807) is 18.9 Å². The van der Waals surface area contributed by atoms with Crippen LogP contribution in [0.15, 0.2) is 70.1 Å². The van der Waals surface area contributed by atoms with E-state index >= 15 is 0 Å². The number of aliphatic hydroxyl groups is 2. The molecule has 5 aliphatic rings. The van der Waals surface area contributed by atoms with Crippen LogP contribution in [0.25, 0.3) is 0 Å². The van der Waals surface area contributed by atoms with E-state index in [4.69, 9.17) is 21.6 Å². The molecule has 0 saturated heterocycles. The first-order valence-corrected chi connectivity index (χ1v) is 25.5. The predicted molar refractivity (Wildman–Crippen MR) is 262 cm³/mol. The van der Waals surface area contributed by atoms with Crippen molar-refractivity contribution in [1.29, 1.82) is 0 Å². The van der Waals surface area contributed by atoms with Crippen LogP contribution >= 0.6 is 0 Å². The molecule has 0 spiro atoms. The van der Waals surface area contributed by atoms with Gasteiger partial charge < -0.3 is 47.1 Å². The molecule has 4 aliphatic carbocycles. The summed E-state index contributed by atoms with van der Waals surface area (Å²) < 4.78 is 12.8. The number of unbranched alkanes of at least 4 members (excludes halogenated alkanes) is 1. The van der Waals surface area contributed by atoms with E-state index in [1.165, 1.54) is 31.3 Å². The Bertz CT molecular complexity index is 1880. The van der Waals surface area contributed by atoms with Crippen molar-refractivity contribution in [3.05, 3.63) is 70.1 Å². The fourth-order valence-electron chi connectivity index (χ4n) is 10.7. The summed E-state index contributed by atoms with van der Waals surface area (Å²) >= 11 is 0. The summed E-state index contributed by atoms with van der Waals surface area (Å²) in [5, 5.41) is 32.9. The Morgan fingerprint density at radius 3 is 2.57 bits per heavy atom. The zero-order chi connectivity index (χ0) is 48.3. The summed E-state index contributed by atoms with van der Waals surface area (Å²) in [4.78, 5) is 44.3. The molecule has 372 valence electrons. The fraction of sp³-hybridized carbons (Fsp3) is 0.679. The number of aliphatic hydroxyl groups excluding tert-OH is 2. The number of nitrogens with two attached hydrogens (primary N) is 1. The van der Waals surface area contributed by atoms with E-state index < -0.39 is 36.5 Å². The fourth-order valence-corrected chi connectivity index (χ4v) is 10.7. The van der Waals surface area contributed by atoms with Gasteiger partial charge in [-0.25, -0.2) is 0 Å². The van der Waals surface area contributed by atoms with Gasteiger partial charge in [-0.2, -0.15) is 0 Å². The molecular weight excluding hydrogens is 847 g/mol. The number of rotatable bonds is 20. The summed E-state index contributed by atoms with van der Waals surface area (Å²) in [7, 11) is 1.68. The average Bonchev–Trinajstić information content (AvgIpc) is 3.34. The Balaban J connectivity index is 1.44. The molecule has 0 aromatic carbocycles. The van der Waals surface area contributed by atoms with Crippen molar-refractivity contribution in [2.45, 2.75) is 160 Å². The van der Waals surface area contributed by atoms with Crippen molar-refractivity contribution in [2.75, 3.05) is 46.4 Å². The SMILES string of the molecule is C#CCNC(O)C1CCCC(=O)C(C)NC(O)C(N(C)C(=O)C(CCC[NH3+])NC(=O)C2=CCC(C3=CCC(CCCC)CC3)CC2)C2C=CC(OCC[NH3+])=C(C2)C2=CC(=CCC2OCCN)C1. The van der Waals surface area contributed by atoms with E-state index in [9.17, 15) is 24.6 Å². The molecule has 10 unspecified atom stereocenters. The number of Topliss-reactive ketones (excluding diaryl/α,β-unsaturated/α-hetero) is 1. The van der Waals surface area contributed by atoms with Crippen LogP contribution in [0.3, 0.4) is 0 Å². The molecule has 14 nitrogen and oxygen atoms in total. The van der Waals surface area contributed by atoms with Gasteiger partial charge in [0, 0.05) is 43.0 Å². The van der Waals surface area contributed by atoms with Gasteiger partial charge in [0.25, 0.3) is 0 Å². The first-order chi connectivity index (χ1) is 32.4. The third-order valence-corrected chi connectivity index (χ3v) is 14.6. The number of carbonyl (C=O) groups excluding carboxylic acids is 3. The first-order valence-electron chi connectivity index (χ1n) is 25.5. The van der Waals surface area contributed by atoms with Crippen LogP contribution in [0, 0.1) is 36.0 Å². The molecule has 0 fully saturated rings. The Hall–Kier alpha value is -3.91. The Kier molecular flexibility index (Phi) is 22.5. The highest BCUT2D eigenvalue weighted by atomic mass is 16.5. The lowest BCUT2D eigenvalue weighted by molar-refractivity contribution is -0.372. The van der Waals surface area contributed by atoms with Crippen molar-refractivity contribution in [3.8, 4) is 12.3 Å². The lowest BCUT2D eigenvalue weighted by atomic mass is 9.77. The molecule has 1 aliphatic heterocycles. The molecular formula is C53H85N7O7+2. The van der Waals surface area contributed by atoms with E-state index in [1.807, 2.05) is 12.2 Å². The number of terminal acetylenes is 1. The molecule has 14 heteroatoms. The number of amides is 2. The van der Waals surface area contributed by atoms with Gasteiger partial charge in [-0.3, -0.25) is 25.0 Å². The minimum atomic E-state index is -1.33. The predicted octanol–water partition coefficient (Wildman–Crippen LogP) is 3.25. The van der Waals surface area contributed by atoms with Crippen LogP contribution in [0.4, 0.5) is 0 Å². The summed E-state index contributed by atoms with van der Waals surface area (Å²) in [5.41, 5.74) is 19.0. The number of allylic oxidation sites excluding steroid dienone is 6. The number of nitrogens with one attached hydrogen (secondary N) is 3. The lowest BCUT2D eigenvalue weighted by Gasteiger charge is -2.41. The number of nitrogens with zero attached hydrogens (tertiary/aromatic N) is 1. The van der Waals surface area contributed by atoms with E-state index in [0.717, 1.165) is 48.3 Å². The molecule has 5 rings (SSSR count). The van der Waals surface area contributed by atoms with Gasteiger partial charge in [-0.15, -0.1) is 6.42 Å². The van der Waals surface area contributed by atoms with E-state index in [0.29, 0.717) is 101 Å². The lowest BCUT2D eigenvalue weighted by Crippen LogP contribution is -2.60. The number of quaternary nitrogens is 2. The summed E-state index contributed by atoms with van der Waals surface area (Å²) in [6.45, 7) is 6.38. The minimum Gasteiger partial charge on any atom is -0.487 e. The first kappa shape index (κ1) is 54.0. The number of hydrogen-bond acceptors (Lipinski definition) is 10. The van der Waals surface area contributed by atoms with Crippen LogP contribution < -0.4 is 33.2 Å². The number of likely N-dealkylation sites (N-methyl/N-ethyl adjacent to an activating group) is 1. The van der Waals surface area contributed by atoms with Gasteiger partial charge in [0.05, 0.1) is 37.9 Å². The standard InChI is InChI=1S/C53H83N7O7/c1-5-7-10-36-14-17-38(18-15-36)39-19-21-40(22-20-39)51(63)59-45(12-9-26-54)53(65)60(4)49-41-23-25-48(67-31-28-56)44(34-41)43-33-37(16-24-47(43)66-30-27-55)32-42(50(62)57-29-6-2)11-8-13-46(61)35(3)58-52(49)64/h2,16-17,21,23,25,33,35-36,39,41-42,45,47,49-50,52,57-58,62,64H,5,7-15,18-20,22,24,26-32,34,54-56H2,1,3-4H3,(H,59,63)/p+2. The molecule has 4 bridgehead atoms. The normalized spacial score (nSPS) is 28.3. The third kappa shape index (κ3) is 15.5. The van der Waals surface area contributed by atoms with Gasteiger partial charge in [0.2, 0.25) is 11.8 Å². The average molecular weight is 932 g/mol. The van der Waals surface area contributed by atoms with Gasteiger partial charge in [0.1, 0.15) is 43.2 Å². The smallest absolute Gasteiger partial charge is 0.247 e. The van der Waals surface area contributed by atoms with Gasteiger partial charge in [-0.05, 0) is 114 Å². The van der Waals surface area contributed by atoms with Gasteiger partial charge in [-0.1, -0.05) is 73.6 Å².